The third-order valence-corrected chi connectivity index (χ3v) is 4.54. The molecule has 2 fully saturated rings. The van der Waals surface area contributed by atoms with Crippen LogP contribution in [0.4, 0.5) is 0 Å². The first-order valence-corrected chi connectivity index (χ1v) is 5.38. The van der Waals surface area contributed by atoms with Crippen LogP contribution in [0, 0.1) is 0 Å². The Kier molecular flexibility index (Phi) is 1.85. The molecule has 12 heavy (non-hydrogen) atoms. The molecule has 70 valence electrons. The van der Waals surface area contributed by atoms with E-state index < -0.39 is 6.58 Å². The van der Waals surface area contributed by atoms with E-state index in [9.17, 15) is 0 Å². The highest BCUT2D eigenvalue weighted by atomic mass is 32.2. The lowest BCUT2D eigenvalue weighted by molar-refractivity contribution is -0.0695. The van der Waals surface area contributed by atoms with E-state index in [0.717, 1.165) is 6.42 Å². The number of ether oxygens (including phenoxy) is 2. The van der Waals surface area contributed by atoms with Crippen molar-refractivity contribution in [3.8, 4) is 0 Å². The van der Waals surface area contributed by atoms with Gasteiger partial charge >= 0.3 is 0 Å². The number of fused-ring (bicyclic) bond motifs is 2. The molecular formula is C9H16O2S. The van der Waals surface area contributed by atoms with Crippen LogP contribution in [0.1, 0.15) is 21.6 Å². The molecule has 2 bridgehead atoms. The zero-order valence-corrected chi connectivity index (χ0v) is 8.56. The summed E-state index contributed by atoms with van der Waals surface area (Å²) in [5.41, 5.74) is -0.198. The van der Waals surface area contributed by atoms with Crippen LogP contribution >= 0.6 is 11.8 Å². The molecule has 0 aromatic heterocycles. The molecule has 0 aromatic carbocycles. The van der Waals surface area contributed by atoms with E-state index in [1.807, 2.05) is 11.8 Å². The first kappa shape index (κ1) is 7.65. The van der Waals surface area contributed by atoms with Crippen LogP contribution in [0.5, 0.6) is 0 Å². The largest absolute Gasteiger partial charge is 0.377 e. The quantitative estimate of drug-likeness (QED) is 0.660. The van der Waals surface area contributed by atoms with E-state index in [0.29, 0.717) is 5.25 Å². The second-order valence-electron chi connectivity index (χ2n) is 3.46. The molecule has 2 saturated heterocycles. The van der Waals surface area contributed by atoms with Crippen molar-refractivity contribution in [2.45, 2.75) is 42.5 Å². The second kappa shape index (κ2) is 2.89. The van der Waals surface area contributed by atoms with E-state index in [-0.39, 0.29) is 17.0 Å². The number of hydrogen-bond donors (Lipinski definition) is 0. The molecule has 0 aliphatic carbocycles. The Hall–Kier alpha value is 0.270. The molecule has 0 amide bonds. The summed E-state index contributed by atoms with van der Waals surface area (Å²) >= 11 is 1.84. The molecule has 2 aliphatic rings. The van der Waals surface area contributed by atoms with Gasteiger partial charge in [-0.15, -0.1) is 11.8 Å². The van der Waals surface area contributed by atoms with Crippen LogP contribution in [-0.4, -0.2) is 35.9 Å². The molecule has 3 heteroatoms. The van der Waals surface area contributed by atoms with Gasteiger partial charge in [-0.25, -0.2) is 0 Å². The first-order chi connectivity index (χ1) is 6.15. The van der Waals surface area contributed by atoms with E-state index in [2.05, 4.69) is 13.8 Å². The summed E-state index contributed by atoms with van der Waals surface area (Å²) in [7, 11) is 1.72. The van der Waals surface area contributed by atoms with Crippen molar-refractivity contribution in [3.05, 3.63) is 0 Å². The Morgan fingerprint density at radius 1 is 1.83 bits per heavy atom. The van der Waals surface area contributed by atoms with E-state index in [4.69, 9.17) is 10.8 Å². The molecule has 0 radical (unpaired) electrons. The Bertz CT molecular complexity index is 214. The summed E-state index contributed by atoms with van der Waals surface area (Å²) in [5.74, 6) is 0. The maximum atomic E-state index is 7.75. The Balaban J connectivity index is 2.29. The van der Waals surface area contributed by atoms with E-state index in [1.165, 1.54) is 0 Å². The standard InChI is InChI=1S/C9H16O2S/c1-4-9-6(2)12-7(5-11-9)8(9)10-3/h6-8H,4-5H2,1-3H3/t6?,7-,8-,9-/m0/s1/i5T/t5-,6?,7-,8-,9-. The van der Waals surface area contributed by atoms with Gasteiger partial charge in [0.15, 0.2) is 0 Å². The van der Waals surface area contributed by atoms with Gasteiger partial charge in [0.1, 0.15) is 11.7 Å². The summed E-state index contributed by atoms with van der Waals surface area (Å²) in [6.07, 6.45) is 1.05. The normalized spacial score (nSPS) is 59.1. The lowest BCUT2D eigenvalue weighted by Crippen LogP contribution is -2.44. The molecule has 0 aromatic rings. The third-order valence-electron chi connectivity index (χ3n) is 3.06. The monoisotopic (exact) mass is 190 g/mol. The summed E-state index contributed by atoms with van der Waals surface area (Å²) in [6, 6.07) is 0. The predicted octanol–water partition coefficient (Wildman–Crippen LogP) is 1.68. The fourth-order valence-corrected chi connectivity index (χ4v) is 3.96. The minimum absolute atomic E-state index is 0.111. The van der Waals surface area contributed by atoms with E-state index in [1.54, 1.807) is 7.11 Å². The molecule has 2 rings (SSSR count). The molecule has 1 unspecified atom stereocenters. The highest BCUT2D eigenvalue weighted by Gasteiger charge is 2.59. The number of thioether (sulfide) groups is 1. The number of methoxy groups -OCH3 is 1. The summed E-state index contributed by atoms with van der Waals surface area (Å²) in [6.45, 7) is 3.89. The molecule has 5 atom stereocenters. The van der Waals surface area contributed by atoms with E-state index >= 15 is 0 Å². The molecule has 2 heterocycles. The van der Waals surface area contributed by atoms with Gasteiger partial charge in [0, 0.05) is 12.4 Å². The zero-order chi connectivity index (χ0) is 9.64. The van der Waals surface area contributed by atoms with Gasteiger partial charge in [-0.1, -0.05) is 13.8 Å². The summed E-state index contributed by atoms with van der Waals surface area (Å²) < 4.78 is 18.9. The highest BCUT2D eigenvalue weighted by molar-refractivity contribution is 8.01. The molecular weight excluding hydrogens is 172 g/mol. The van der Waals surface area contributed by atoms with Gasteiger partial charge in [0.05, 0.1) is 13.2 Å². The number of rotatable bonds is 2. The fourth-order valence-electron chi connectivity index (χ4n) is 2.30. The van der Waals surface area contributed by atoms with Gasteiger partial charge in [-0.05, 0) is 6.42 Å². The van der Waals surface area contributed by atoms with Gasteiger partial charge in [-0.3, -0.25) is 0 Å². The zero-order valence-electron chi connectivity index (χ0n) is 8.74. The Morgan fingerprint density at radius 3 is 3.08 bits per heavy atom. The van der Waals surface area contributed by atoms with Gasteiger partial charge in [0.25, 0.3) is 0 Å². The summed E-state index contributed by atoms with van der Waals surface area (Å²) in [4.78, 5) is 0. The lowest BCUT2D eigenvalue weighted by Gasteiger charge is -2.33. The van der Waals surface area contributed by atoms with Crippen LogP contribution in [0.3, 0.4) is 0 Å². The fraction of sp³-hybridized carbons (Fsp3) is 1.00. The Labute approximate surface area is 79.4 Å². The van der Waals surface area contributed by atoms with Crippen molar-refractivity contribution < 1.29 is 10.8 Å². The van der Waals surface area contributed by atoms with Crippen LogP contribution in [0.15, 0.2) is 0 Å². The van der Waals surface area contributed by atoms with Crippen molar-refractivity contribution in [1.29, 1.82) is 0 Å². The van der Waals surface area contributed by atoms with Crippen molar-refractivity contribution in [1.82, 2.24) is 0 Å². The topological polar surface area (TPSA) is 18.5 Å². The van der Waals surface area contributed by atoms with Crippen LogP contribution in [-0.2, 0) is 9.47 Å². The van der Waals surface area contributed by atoms with Crippen molar-refractivity contribution in [2.24, 2.45) is 0 Å². The van der Waals surface area contributed by atoms with Crippen LogP contribution in [0.25, 0.3) is 0 Å². The minimum atomic E-state index is -0.397. The van der Waals surface area contributed by atoms with Gasteiger partial charge in [-0.2, -0.15) is 0 Å². The maximum Gasteiger partial charge on any atom is 0.107 e. The van der Waals surface area contributed by atoms with Gasteiger partial charge in [0.2, 0.25) is 0 Å². The SMILES string of the molecule is [3H][C@@H]1O[C@@]2(CC)C(C)S[C@@H]1[C@@H]2OC. The molecule has 2 aliphatic heterocycles. The van der Waals surface area contributed by atoms with Crippen molar-refractivity contribution >= 4 is 11.8 Å². The molecule has 0 saturated carbocycles. The maximum absolute atomic E-state index is 7.75. The smallest absolute Gasteiger partial charge is 0.107 e. The van der Waals surface area contributed by atoms with Crippen LogP contribution < -0.4 is 0 Å². The lowest BCUT2D eigenvalue weighted by atomic mass is 9.91. The molecule has 2 nitrogen and oxygen atoms in total. The average Bonchev–Trinajstić information content (AvgIpc) is 2.54. The first-order valence-electron chi connectivity index (χ1n) is 5.01. The van der Waals surface area contributed by atoms with Gasteiger partial charge < -0.3 is 9.47 Å². The molecule has 0 spiro atoms. The van der Waals surface area contributed by atoms with Crippen molar-refractivity contribution in [2.75, 3.05) is 13.7 Å². The van der Waals surface area contributed by atoms with Crippen molar-refractivity contribution in [3.63, 3.8) is 0 Å². The number of hydrogen-bond acceptors (Lipinski definition) is 3. The predicted molar refractivity (Wildman–Crippen MR) is 50.6 cm³/mol. The summed E-state index contributed by atoms with van der Waals surface area (Å²) in [5, 5.41) is 0.661. The Morgan fingerprint density at radius 2 is 2.58 bits per heavy atom. The second-order valence-corrected chi connectivity index (χ2v) is 4.99. The minimum Gasteiger partial charge on any atom is -0.377 e. The van der Waals surface area contributed by atoms with Crippen LogP contribution in [0.2, 0.25) is 0 Å². The average molecular weight is 190 g/mol. The molecule has 0 N–H and O–H groups in total. The third kappa shape index (κ3) is 0.903. The highest BCUT2D eigenvalue weighted by Crippen LogP contribution is 2.52.